The van der Waals surface area contributed by atoms with Crippen LogP contribution in [0.4, 0.5) is 0 Å². The minimum absolute atomic E-state index is 0.250. The second-order valence-electron chi connectivity index (χ2n) is 4.08. The lowest BCUT2D eigenvalue weighted by molar-refractivity contribution is -0.147. The van der Waals surface area contributed by atoms with Crippen LogP contribution in [0.3, 0.4) is 0 Å². The number of hydrogen-bond acceptors (Lipinski definition) is 5. The number of nitrogens with zero attached hydrogens (tertiary/aromatic N) is 1. The van der Waals surface area contributed by atoms with Gasteiger partial charge in [0.15, 0.2) is 0 Å². The van der Waals surface area contributed by atoms with Gasteiger partial charge in [0.05, 0.1) is 0 Å². The van der Waals surface area contributed by atoms with Crippen LogP contribution >= 0.6 is 0 Å². The maximum absolute atomic E-state index is 11.4. The van der Waals surface area contributed by atoms with Crippen LogP contribution in [-0.2, 0) is 19.2 Å². The molecule has 0 fully saturated rings. The Bertz CT molecular complexity index is 290. The lowest BCUT2D eigenvalue weighted by atomic mass is 10.2. The molecule has 0 rings (SSSR count). The molecular formula is C10H17NO5. The Hall–Kier alpha value is -1.59. The molecule has 0 atom stereocenters. The van der Waals surface area contributed by atoms with E-state index >= 15 is 0 Å². The molecule has 92 valence electrons. The topological polar surface area (TPSA) is 85.2 Å². The predicted octanol–water partition coefficient (Wildman–Crippen LogP) is 1.20. The van der Waals surface area contributed by atoms with E-state index < -0.39 is 23.3 Å². The van der Waals surface area contributed by atoms with Crippen molar-refractivity contribution in [1.82, 2.24) is 0 Å². The monoisotopic (exact) mass is 231 g/mol. The summed E-state index contributed by atoms with van der Waals surface area (Å²) in [4.78, 5) is 26.7. The molecule has 1 N–H and O–H groups in total. The number of carboxylic acid groups (broad SMARTS) is 1. The molecule has 0 aromatic heterocycles. The fourth-order valence-corrected chi connectivity index (χ4v) is 0.692. The second-order valence-corrected chi connectivity index (χ2v) is 4.08. The Morgan fingerprint density at radius 1 is 1.31 bits per heavy atom. The first kappa shape index (κ1) is 14.4. The van der Waals surface area contributed by atoms with Crippen LogP contribution < -0.4 is 0 Å². The Kier molecular flexibility index (Phi) is 5.49. The molecular weight excluding hydrogens is 214 g/mol. The number of rotatable bonds is 5. The quantitative estimate of drug-likeness (QED) is 0.252. The first-order chi connectivity index (χ1) is 7.28. The third kappa shape index (κ3) is 6.00. The van der Waals surface area contributed by atoms with Crippen LogP contribution in [0, 0.1) is 0 Å². The molecule has 0 spiro atoms. The summed E-state index contributed by atoms with van der Waals surface area (Å²) in [6.45, 7) is 6.99. The standard InChI is InChI=1S/C10H17NO5/c1-5-6-15-11-7(8(12)13)9(14)16-10(2,3)4/h5-6H2,1-4H3,(H,12,13). The Morgan fingerprint density at radius 3 is 2.25 bits per heavy atom. The zero-order valence-electron chi connectivity index (χ0n) is 9.94. The highest BCUT2D eigenvalue weighted by atomic mass is 16.6. The van der Waals surface area contributed by atoms with Crippen LogP contribution in [0.15, 0.2) is 5.16 Å². The van der Waals surface area contributed by atoms with Gasteiger partial charge in [-0.2, -0.15) is 0 Å². The third-order valence-electron chi connectivity index (χ3n) is 1.25. The zero-order chi connectivity index (χ0) is 12.8. The van der Waals surface area contributed by atoms with Gasteiger partial charge < -0.3 is 14.7 Å². The van der Waals surface area contributed by atoms with Gasteiger partial charge in [0.2, 0.25) is 0 Å². The SMILES string of the molecule is CCCON=C(C(=O)O)C(=O)OC(C)(C)C. The maximum atomic E-state index is 11.4. The van der Waals surface area contributed by atoms with Gasteiger partial charge >= 0.3 is 11.9 Å². The van der Waals surface area contributed by atoms with Gasteiger partial charge in [-0.3, -0.25) is 0 Å². The van der Waals surface area contributed by atoms with E-state index in [9.17, 15) is 9.59 Å². The zero-order valence-corrected chi connectivity index (χ0v) is 9.94. The number of oxime groups is 1. The third-order valence-corrected chi connectivity index (χ3v) is 1.25. The van der Waals surface area contributed by atoms with Gasteiger partial charge in [-0.1, -0.05) is 12.1 Å². The number of aliphatic carboxylic acids is 1. The minimum Gasteiger partial charge on any atom is -0.476 e. The fraction of sp³-hybridized carbons (Fsp3) is 0.700. The van der Waals surface area contributed by atoms with E-state index in [2.05, 4.69) is 9.99 Å². The van der Waals surface area contributed by atoms with Gasteiger partial charge in [0.25, 0.3) is 5.71 Å². The van der Waals surface area contributed by atoms with Crippen molar-refractivity contribution < 1.29 is 24.3 Å². The molecule has 0 aromatic carbocycles. The van der Waals surface area contributed by atoms with Gasteiger partial charge in [-0.25, -0.2) is 9.59 Å². The summed E-state index contributed by atoms with van der Waals surface area (Å²) in [7, 11) is 0. The van der Waals surface area contributed by atoms with Crippen molar-refractivity contribution in [2.24, 2.45) is 5.16 Å². The molecule has 0 aromatic rings. The number of carbonyl (C=O) groups excluding carboxylic acids is 1. The highest BCUT2D eigenvalue weighted by Gasteiger charge is 2.27. The summed E-state index contributed by atoms with van der Waals surface area (Å²) < 4.78 is 4.86. The summed E-state index contributed by atoms with van der Waals surface area (Å²) in [6, 6.07) is 0. The van der Waals surface area contributed by atoms with Crippen molar-refractivity contribution in [3.63, 3.8) is 0 Å². The molecule has 0 aliphatic rings. The summed E-state index contributed by atoms with van der Waals surface area (Å²) in [5.74, 6) is -2.47. The molecule has 0 aliphatic heterocycles. The molecule has 16 heavy (non-hydrogen) atoms. The molecule has 0 bridgehead atoms. The summed E-state index contributed by atoms with van der Waals surface area (Å²) >= 11 is 0. The summed E-state index contributed by atoms with van der Waals surface area (Å²) in [6.07, 6.45) is 0.671. The number of esters is 1. The van der Waals surface area contributed by atoms with Crippen molar-refractivity contribution in [3.8, 4) is 0 Å². The van der Waals surface area contributed by atoms with Gasteiger partial charge in [-0.05, 0) is 27.2 Å². The average molecular weight is 231 g/mol. The normalized spacial score (nSPS) is 12.1. The fourth-order valence-electron chi connectivity index (χ4n) is 0.692. The van der Waals surface area contributed by atoms with Crippen LogP contribution in [0.2, 0.25) is 0 Å². The van der Waals surface area contributed by atoms with Crippen molar-refractivity contribution in [3.05, 3.63) is 0 Å². The van der Waals surface area contributed by atoms with Crippen LogP contribution in [0.1, 0.15) is 34.1 Å². The lowest BCUT2D eigenvalue weighted by Crippen LogP contribution is -2.33. The van der Waals surface area contributed by atoms with Crippen molar-refractivity contribution in [1.29, 1.82) is 0 Å². The van der Waals surface area contributed by atoms with E-state index in [1.54, 1.807) is 20.8 Å². The molecule has 0 aliphatic carbocycles. The molecule has 0 heterocycles. The van der Waals surface area contributed by atoms with E-state index in [1.165, 1.54) is 0 Å². The molecule has 6 nitrogen and oxygen atoms in total. The van der Waals surface area contributed by atoms with Crippen molar-refractivity contribution >= 4 is 17.7 Å². The first-order valence-electron chi connectivity index (χ1n) is 4.94. The van der Waals surface area contributed by atoms with Gasteiger partial charge in [-0.15, -0.1) is 0 Å². The summed E-state index contributed by atoms with van der Waals surface area (Å²) in [5.41, 5.74) is -1.51. The number of carbonyl (C=O) groups is 2. The average Bonchev–Trinajstić information content (AvgIpc) is 2.08. The van der Waals surface area contributed by atoms with Crippen molar-refractivity contribution in [2.75, 3.05) is 6.61 Å². The Balaban J connectivity index is 4.60. The molecule has 0 saturated heterocycles. The van der Waals surface area contributed by atoms with E-state index in [0.29, 0.717) is 6.42 Å². The van der Waals surface area contributed by atoms with Crippen LogP contribution in [-0.4, -0.2) is 35.0 Å². The van der Waals surface area contributed by atoms with Gasteiger partial charge in [0, 0.05) is 0 Å². The van der Waals surface area contributed by atoms with E-state index in [-0.39, 0.29) is 6.61 Å². The van der Waals surface area contributed by atoms with Crippen LogP contribution in [0.5, 0.6) is 0 Å². The van der Waals surface area contributed by atoms with Crippen LogP contribution in [0.25, 0.3) is 0 Å². The molecule has 0 saturated carbocycles. The minimum atomic E-state index is -1.47. The van der Waals surface area contributed by atoms with Crippen molar-refractivity contribution in [2.45, 2.75) is 39.7 Å². The molecule has 0 radical (unpaired) electrons. The predicted molar refractivity (Wildman–Crippen MR) is 57.2 cm³/mol. The van der Waals surface area contributed by atoms with E-state index in [0.717, 1.165) is 0 Å². The molecule has 0 unspecified atom stereocenters. The molecule has 6 heteroatoms. The van der Waals surface area contributed by atoms with E-state index in [1.807, 2.05) is 6.92 Å². The second kappa shape index (κ2) is 6.09. The smallest absolute Gasteiger partial charge is 0.368 e. The lowest BCUT2D eigenvalue weighted by Gasteiger charge is -2.18. The Morgan fingerprint density at radius 2 is 1.88 bits per heavy atom. The summed E-state index contributed by atoms with van der Waals surface area (Å²) in [5, 5.41) is 12.0. The highest BCUT2D eigenvalue weighted by molar-refractivity contribution is 6.62. The largest absolute Gasteiger partial charge is 0.476 e. The highest BCUT2D eigenvalue weighted by Crippen LogP contribution is 2.07. The number of hydrogen-bond donors (Lipinski definition) is 1. The number of carboxylic acids is 1. The Labute approximate surface area is 94.2 Å². The first-order valence-corrected chi connectivity index (χ1v) is 4.94. The maximum Gasteiger partial charge on any atom is 0.368 e. The van der Waals surface area contributed by atoms with E-state index in [4.69, 9.17) is 9.84 Å². The number of ether oxygens (including phenoxy) is 1. The molecule has 0 amide bonds. The van der Waals surface area contributed by atoms with Gasteiger partial charge in [0.1, 0.15) is 12.2 Å².